The second kappa shape index (κ2) is 3.71. The molecule has 1 aromatic heterocycles. The number of benzene rings is 1. The summed E-state index contributed by atoms with van der Waals surface area (Å²) in [4.78, 5) is 10.2. The molecule has 0 unspecified atom stereocenters. The molecule has 1 heterocycles. The van der Waals surface area contributed by atoms with Crippen molar-refractivity contribution in [1.29, 1.82) is 0 Å². The first-order valence-corrected chi connectivity index (χ1v) is 5.07. The van der Waals surface area contributed by atoms with Crippen LogP contribution >= 0.6 is 11.6 Å². The molecule has 7 heteroatoms. The van der Waals surface area contributed by atoms with Crippen LogP contribution in [0.2, 0.25) is 5.02 Å². The number of hydrogen-bond acceptors (Lipinski definition) is 4. The van der Waals surface area contributed by atoms with Gasteiger partial charge in [0.2, 0.25) is 0 Å². The summed E-state index contributed by atoms with van der Waals surface area (Å²) in [5.41, 5.74) is 1.01. The van der Waals surface area contributed by atoms with Crippen molar-refractivity contribution >= 4 is 28.3 Å². The van der Waals surface area contributed by atoms with Gasteiger partial charge < -0.3 is 0 Å². The molecule has 0 saturated carbocycles. The Bertz CT molecular complexity index is 564. The Labute approximate surface area is 96.0 Å². The van der Waals surface area contributed by atoms with Gasteiger partial charge in [-0.25, -0.2) is 4.68 Å². The molecular weight excluding hydrogens is 232 g/mol. The highest BCUT2D eigenvalue weighted by atomic mass is 35.5. The van der Waals surface area contributed by atoms with Crippen molar-refractivity contribution in [3.05, 3.63) is 27.3 Å². The average Bonchev–Trinajstić information content (AvgIpc) is 2.61. The zero-order chi connectivity index (χ0) is 11.9. The SMILES string of the molecule is CC(C)n1nnc2c(Cl)cc([N+](=O)[O-])cc21. The topological polar surface area (TPSA) is 73.8 Å². The molecule has 16 heavy (non-hydrogen) atoms. The molecule has 0 radical (unpaired) electrons. The molecule has 0 amide bonds. The summed E-state index contributed by atoms with van der Waals surface area (Å²) in [6.45, 7) is 3.84. The van der Waals surface area contributed by atoms with Gasteiger partial charge in [-0.05, 0) is 13.8 Å². The third-order valence-corrected chi connectivity index (χ3v) is 2.50. The lowest BCUT2D eigenvalue weighted by molar-refractivity contribution is -0.384. The van der Waals surface area contributed by atoms with Crippen LogP contribution in [0.3, 0.4) is 0 Å². The van der Waals surface area contributed by atoms with Crippen molar-refractivity contribution in [3.63, 3.8) is 0 Å². The zero-order valence-electron chi connectivity index (χ0n) is 8.72. The Morgan fingerprint density at radius 3 is 2.75 bits per heavy atom. The minimum atomic E-state index is -0.483. The molecule has 0 N–H and O–H groups in total. The predicted octanol–water partition coefficient (Wildman–Crippen LogP) is 2.57. The Balaban J connectivity index is 2.76. The van der Waals surface area contributed by atoms with Gasteiger partial charge in [0.05, 0.1) is 15.5 Å². The Morgan fingerprint density at radius 1 is 1.50 bits per heavy atom. The molecule has 0 bridgehead atoms. The van der Waals surface area contributed by atoms with E-state index in [-0.39, 0.29) is 16.8 Å². The molecule has 84 valence electrons. The van der Waals surface area contributed by atoms with E-state index in [0.29, 0.717) is 11.0 Å². The summed E-state index contributed by atoms with van der Waals surface area (Å²) in [6, 6.07) is 2.79. The van der Waals surface area contributed by atoms with E-state index in [2.05, 4.69) is 10.3 Å². The monoisotopic (exact) mass is 240 g/mol. The number of halogens is 1. The molecule has 0 aliphatic carbocycles. The van der Waals surface area contributed by atoms with Crippen molar-refractivity contribution in [2.24, 2.45) is 0 Å². The summed E-state index contributed by atoms with van der Waals surface area (Å²) in [5.74, 6) is 0. The molecule has 2 rings (SSSR count). The fourth-order valence-corrected chi connectivity index (χ4v) is 1.72. The van der Waals surface area contributed by atoms with Gasteiger partial charge in [0.15, 0.2) is 0 Å². The smallest absolute Gasteiger partial charge is 0.258 e. The minimum Gasteiger partial charge on any atom is -0.258 e. The van der Waals surface area contributed by atoms with Crippen molar-refractivity contribution in [2.75, 3.05) is 0 Å². The molecular formula is C9H9ClN4O2. The molecule has 1 aromatic carbocycles. The molecule has 0 spiro atoms. The first-order chi connectivity index (χ1) is 7.50. The normalized spacial score (nSPS) is 11.2. The second-order valence-electron chi connectivity index (χ2n) is 3.68. The Morgan fingerprint density at radius 2 is 2.19 bits per heavy atom. The maximum Gasteiger partial charge on any atom is 0.273 e. The van der Waals surface area contributed by atoms with Gasteiger partial charge >= 0.3 is 0 Å². The van der Waals surface area contributed by atoms with Crippen molar-refractivity contribution in [1.82, 2.24) is 15.0 Å². The van der Waals surface area contributed by atoms with E-state index in [0.717, 1.165) is 0 Å². The lowest BCUT2D eigenvalue weighted by atomic mass is 10.2. The van der Waals surface area contributed by atoms with Gasteiger partial charge in [-0.15, -0.1) is 5.10 Å². The number of hydrogen-bond donors (Lipinski definition) is 0. The fraction of sp³-hybridized carbons (Fsp3) is 0.333. The highest BCUT2D eigenvalue weighted by Crippen LogP contribution is 2.28. The summed E-state index contributed by atoms with van der Waals surface area (Å²) in [5, 5.41) is 18.8. The van der Waals surface area contributed by atoms with E-state index < -0.39 is 4.92 Å². The van der Waals surface area contributed by atoms with E-state index in [4.69, 9.17) is 11.6 Å². The van der Waals surface area contributed by atoms with E-state index in [1.807, 2.05) is 13.8 Å². The van der Waals surface area contributed by atoms with Crippen molar-refractivity contribution < 1.29 is 4.92 Å². The number of fused-ring (bicyclic) bond motifs is 1. The summed E-state index contributed by atoms with van der Waals surface area (Å²) < 4.78 is 1.61. The van der Waals surface area contributed by atoms with Gasteiger partial charge in [0.1, 0.15) is 5.52 Å². The highest BCUT2D eigenvalue weighted by molar-refractivity contribution is 6.35. The van der Waals surface area contributed by atoms with E-state index in [9.17, 15) is 10.1 Å². The number of rotatable bonds is 2. The average molecular weight is 241 g/mol. The van der Waals surface area contributed by atoms with Crippen LogP contribution in [0.15, 0.2) is 12.1 Å². The minimum absolute atomic E-state index is 0.0540. The number of aromatic nitrogens is 3. The molecule has 0 aliphatic heterocycles. The third kappa shape index (κ3) is 1.61. The maximum absolute atomic E-state index is 10.7. The van der Waals surface area contributed by atoms with Crippen LogP contribution < -0.4 is 0 Å². The second-order valence-corrected chi connectivity index (χ2v) is 4.09. The lowest BCUT2D eigenvalue weighted by Gasteiger charge is -2.04. The molecule has 0 saturated heterocycles. The van der Waals surface area contributed by atoms with Crippen molar-refractivity contribution in [2.45, 2.75) is 19.9 Å². The number of nitro benzene ring substituents is 1. The summed E-state index contributed by atoms with van der Waals surface area (Å²) in [6.07, 6.45) is 0. The van der Waals surface area contributed by atoms with Gasteiger partial charge in [0.25, 0.3) is 5.69 Å². The van der Waals surface area contributed by atoms with Crippen LogP contribution in [0.5, 0.6) is 0 Å². The lowest BCUT2D eigenvalue weighted by Crippen LogP contribution is -2.02. The number of non-ortho nitro benzene ring substituents is 1. The predicted molar refractivity (Wildman–Crippen MR) is 59.6 cm³/mol. The molecule has 0 fully saturated rings. The van der Waals surface area contributed by atoms with Gasteiger partial charge in [-0.1, -0.05) is 16.8 Å². The standard InChI is InChI=1S/C9H9ClN4O2/c1-5(2)13-8-4-6(14(15)16)3-7(10)9(8)11-12-13/h3-5H,1-2H3. The number of nitro groups is 1. The van der Waals surface area contributed by atoms with Crippen LogP contribution in [-0.2, 0) is 0 Å². The van der Waals surface area contributed by atoms with E-state index in [1.165, 1.54) is 12.1 Å². The molecule has 2 aromatic rings. The van der Waals surface area contributed by atoms with Crippen LogP contribution in [0.25, 0.3) is 11.0 Å². The van der Waals surface area contributed by atoms with Gasteiger partial charge in [-0.3, -0.25) is 10.1 Å². The van der Waals surface area contributed by atoms with E-state index in [1.54, 1.807) is 4.68 Å². The highest BCUT2D eigenvalue weighted by Gasteiger charge is 2.16. The Hall–Kier alpha value is -1.69. The quantitative estimate of drug-likeness (QED) is 0.597. The summed E-state index contributed by atoms with van der Waals surface area (Å²) in [7, 11) is 0. The molecule has 0 aliphatic rings. The first kappa shape index (κ1) is 10.8. The fourth-order valence-electron chi connectivity index (χ4n) is 1.47. The zero-order valence-corrected chi connectivity index (χ0v) is 9.47. The maximum atomic E-state index is 10.7. The van der Waals surface area contributed by atoms with Crippen molar-refractivity contribution in [3.8, 4) is 0 Å². The van der Waals surface area contributed by atoms with Crippen LogP contribution in [-0.4, -0.2) is 19.9 Å². The van der Waals surface area contributed by atoms with Crippen LogP contribution in [0, 0.1) is 10.1 Å². The third-order valence-electron chi connectivity index (χ3n) is 2.22. The van der Waals surface area contributed by atoms with Gasteiger partial charge in [0, 0.05) is 18.2 Å². The largest absolute Gasteiger partial charge is 0.273 e. The molecule has 6 nitrogen and oxygen atoms in total. The van der Waals surface area contributed by atoms with Crippen LogP contribution in [0.1, 0.15) is 19.9 Å². The summed E-state index contributed by atoms with van der Waals surface area (Å²) >= 11 is 5.90. The number of nitrogens with zero attached hydrogens (tertiary/aromatic N) is 4. The first-order valence-electron chi connectivity index (χ1n) is 4.69. The molecule has 0 atom stereocenters. The Kier molecular flexibility index (Phi) is 2.51. The van der Waals surface area contributed by atoms with E-state index >= 15 is 0 Å². The van der Waals surface area contributed by atoms with Crippen LogP contribution in [0.4, 0.5) is 5.69 Å². The van der Waals surface area contributed by atoms with Gasteiger partial charge in [-0.2, -0.15) is 0 Å².